The first kappa shape index (κ1) is 18.1. The van der Waals surface area contributed by atoms with E-state index in [0.29, 0.717) is 24.1 Å². The minimum atomic E-state index is -1.31. The lowest BCUT2D eigenvalue weighted by Crippen LogP contribution is -2.52. The van der Waals surface area contributed by atoms with E-state index in [2.05, 4.69) is 14.3 Å². The summed E-state index contributed by atoms with van der Waals surface area (Å²) < 4.78 is 3.94. The van der Waals surface area contributed by atoms with E-state index in [0.717, 1.165) is 17.8 Å². The van der Waals surface area contributed by atoms with E-state index < -0.39 is 11.8 Å². The Morgan fingerprint density at radius 2 is 2.23 bits per heavy atom. The SMILES string of the molecule is C/C=C1/C(=O)C(C(=O)O)=CN(c2ncns2)/C1=N/C(C)N1CC(C=O)C1. The summed E-state index contributed by atoms with van der Waals surface area (Å²) in [6.45, 7) is 4.73. The van der Waals surface area contributed by atoms with Crippen LogP contribution in [-0.2, 0) is 14.4 Å². The average molecular weight is 375 g/mol. The summed E-state index contributed by atoms with van der Waals surface area (Å²) in [5.74, 6) is -1.58. The van der Waals surface area contributed by atoms with Gasteiger partial charge in [0.2, 0.25) is 10.9 Å². The number of anilines is 1. The van der Waals surface area contributed by atoms with Gasteiger partial charge in [0.05, 0.1) is 5.57 Å². The average Bonchev–Trinajstić information content (AvgIpc) is 3.08. The number of carboxylic acid groups (broad SMARTS) is 1. The Morgan fingerprint density at radius 1 is 1.50 bits per heavy atom. The van der Waals surface area contributed by atoms with Crippen LogP contribution < -0.4 is 4.90 Å². The van der Waals surface area contributed by atoms with Gasteiger partial charge in [0.1, 0.15) is 30.2 Å². The van der Waals surface area contributed by atoms with Crippen LogP contribution in [0.5, 0.6) is 0 Å². The van der Waals surface area contributed by atoms with Crippen molar-refractivity contribution in [2.45, 2.75) is 20.0 Å². The highest BCUT2D eigenvalue weighted by atomic mass is 32.1. The molecule has 0 amide bonds. The van der Waals surface area contributed by atoms with Gasteiger partial charge in [0, 0.05) is 36.7 Å². The van der Waals surface area contributed by atoms with Crippen LogP contribution in [0, 0.1) is 5.92 Å². The summed E-state index contributed by atoms with van der Waals surface area (Å²) in [4.78, 5) is 47.0. The summed E-state index contributed by atoms with van der Waals surface area (Å²) in [6.07, 6.45) is 4.77. The number of carbonyl (C=O) groups is 3. The Balaban J connectivity index is 2.02. The number of hydrogen-bond donors (Lipinski definition) is 1. The van der Waals surface area contributed by atoms with Gasteiger partial charge in [-0.3, -0.25) is 14.6 Å². The molecule has 0 radical (unpaired) electrons. The van der Waals surface area contributed by atoms with Crippen LogP contribution >= 0.6 is 11.5 Å². The molecule has 10 heteroatoms. The first-order chi connectivity index (χ1) is 12.5. The molecule has 2 aliphatic heterocycles. The predicted molar refractivity (Wildman–Crippen MR) is 94.9 cm³/mol. The van der Waals surface area contributed by atoms with E-state index >= 15 is 0 Å². The van der Waals surface area contributed by atoms with Crippen LogP contribution in [0.4, 0.5) is 5.13 Å². The number of ketones is 1. The molecule has 1 aromatic rings. The number of aldehydes is 1. The molecule has 3 rings (SSSR count). The standard InChI is InChI=1S/C16H17N5O4S/c1-3-11-13(23)12(15(24)25)6-21(16-17-8-18-26-16)14(11)19-9(2)20-4-10(5-20)7-22/h3,6-10H,4-5H2,1-2H3,(H,24,25)/b11-3-,19-14+. The molecule has 0 bridgehead atoms. The van der Waals surface area contributed by atoms with E-state index in [1.807, 2.05) is 11.8 Å². The number of aliphatic imine (C=N–C) groups is 1. The first-order valence-electron chi connectivity index (χ1n) is 7.95. The maximum Gasteiger partial charge on any atom is 0.341 e. The number of aromatic nitrogens is 2. The third kappa shape index (κ3) is 3.20. The van der Waals surface area contributed by atoms with Gasteiger partial charge >= 0.3 is 5.97 Å². The second-order valence-corrected chi connectivity index (χ2v) is 6.67. The molecule has 1 unspecified atom stereocenters. The minimum Gasteiger partial charge on any atom is -0.477 e. The van der Waals surface area contributed by atoms with Crippen molar-refractivity contribution in [2.75, 3.05) is 18.0 Å². The molecule has 1 aromatic heterocycles. The Hall–Kier alpha value is -2.72. The maximum absolute atomic E-state index is 12.5. The van der Waals surface area contributed by atoms with Crippen LogP contribution in [-0.4, -0.2) is 62.5 Å². The number of nitrogens with zero attached hydrogens (tertiary/aromatic N) is 5. The van der Waals surface area contributed by atoms with Crippen LogP contribution in [0.1, 0.15) is 13.8 Å². The van der Waals surface area contributed by atoms with Crippen LogP contribution in [0.2, 0.25) is 0 Å². The van der Waals surface area contributed by atoms with Gasteiger partial charge in [-0.2, -0.15) is 4.37 Å². The fraction of sp³-hybridized carbons (Fsp3) is 0.375. The zero-order chi connectivity index (χ0) is 18.8. The lowest BCUT2D eigenvalue weighted by Gasteiger charge is -2.39. The van der Waals surface area contributed by atoms with Crippen molar-refractivity contribution in [1.29, 1.82) is 0 Å². The Labute approximate surface area is 153 Å². The Morgan fingerprint density at radius 3 is 2.77 bits per heavy atom. The lowest BCUT2D eigenvalue weighted by atomic mass is 9.98. The number of aliphatic carboxylic acids is 1. The number of carbonyl (C=O) groups excluding carboxylic acids is 2. The number of rotatable bonds is 5. The third-order valence-corrected chi connectivity index (χ3v) is 4.92. The van der Waals surface area contributed by atoms with E-state index in [1.165, 1.54) is 17.4 Å². The van der Waals surface area contributed by atoms with Gasteiger partial charge in [0.15, 0.2) is 0 Å². The normalized spacial score (nSPS) is 23.1. The predicted octanol–water partition coefficient (Wildman–Crippen LogP) is 0.717. The monoisotopic (exact) mass is 375 g/mol. The Bertz CT molecular complexity index is 824. The van der Waals surface area contributed by atoms with Crippen molar-refractivity contribution in [1.82, 2.24) is 14.3 Å². The molecule has 0 spiro atoms. The summed E-state index contributed by atoms with van der Waals surface area (Å²) in [7, 11) is 0. The third-order valence-electron chi connectivity index (χ3n) is 4.26. The summed E-state index contributed by atoms with van der Waals surface area (Å²) in [5, 5.41) is 9.75. The van der Waals surface area contributed by atoms with Gasteiger partial charge in [0.25, 0.3) is 0 Å². The van der Waals surface area contributed by atoms with E-state index in [9.17, 15) is 19.5 Å². The van der Waals surface area contributed by atoms with Gasteiger partial charge < -0.3 is 9.90 Å². The van der Waals surface area contributed by atoms with Crippen LogP contribution in [0.25, 0.3) is 0 Å². The molecule has 0 aliphatic carbocycles. The van der Waals surface area contributed by atoms with Gasteiger partial charge in [-0.05, 0) is 13.8 Å². The molecular weight excluding hydrogens is 358 g/mol. The smallest absolute Gasteiger partial charge is 0.341 e. The first-order valence-corrected chi connectivity index (χ1v) is 8.73. The molecule has 1 N–H and O–H groups in total. The largest absolute Gasteiger partial charge is 0.477 e. The van der Waals surface area contributed by atoms with Crippen molar-refractivity contribution >= 4 is 40.5 Å². The highest BCUT2D eigenvalue weighted by molar-refractivity contribution is 7.09. The molecule has 1 saturated heterocycles. The molecule has 26 heavy (non-hydrogen) atoms. The van der Waals surface area contributed by atoms with Crippen LogP contribution in [0.15, 0.2) is 34.7 Å². The van der Waals surface area contributed by atoms with Gasteiger partial charge in [-0.25, -0.2) is 14.8 Å². The quantitative estimate of drug-likeness (QED) is 0.455. The van der Waals surface area contributed by atoms with E-state index in [-0.39, 0.29) is 23.2 Å². The lowest BCUT2D eigenvalue weighted by molar-refractivity contribution is -0.134. The van der Waals surface area contributed by atoms with E-state index in [4.69, 9.17) is 0 Å². The van der Waals surface area contributed by atoms with Crippen molar-refractivity contribution in [2.24, 2.45) is 10.9 Å². The summed E-state index contributed by atoms with van der Waals surface area (Å²) >= 11 is 1.07. The highest BCUT2D eigenvalue weighted by Gasteiger charge is 2.36. The molecule has 9 nitrogen and oxygen atoms in total. The molecule has 0 aromatic carbocycles. The zero-order valence-electron chi connectivity index (χ0n) is 14.2. The fourth-order valence-electron chi connectivity index (χ4n) is 2.79. The fourth-order valence-corrected chi connectivity index (χ4v) is 3.30. The van der Waals surface area contributed by atoms with Crippen LogP contribution in [0.3, 0.4) is 0 Å². The van der Waals surface area contributed by atoms with Crippen molar-refractivity contribution in [3.05, 3.63) is 29.7 Å². The number of likely N-dealkylation sites (tertiary alicyclic amines) is 1. The topological polar surface area (TPSA) is 116 Å². The summed E-state index contributed by atoms with van der Waals surface area (Å²) in [6, 6.07) is 0. The molecule has 0 saturated carbocycles. The number of Topliss-reactive ketones (excluding diaryl/α,β-unsaturated/α-hetero) is 1. The second kappa shape index (κ2) is 7.26. The molecule has 2 aliphatic rings. The maximum atomic E-state index is 12.5. The number of amidine groups is 1. The van der Waals surface area contributed by atoms with Crippen molar-refractivity contribution in [3.63, 3.8) is 0 Å². The molecule has 3 heterocycles. The van der Waals surface area contributed by atoms with Crippen molar-refractivity contribution in [3.8, 4) is 0 Å². The number of carboxylic acids is 1. The summed E-state index contributed by atoms with van der Waals surface area (Å²) in [5.41, 5.74) is -0.163. The zero-order valence-corrected chi connectivity index (χ0v) is 15.0. The molecule has 1 atom stereocenters. The second-order valence-electron chi connectivity index (χ2n) is 5.91. The number of allylic oxidation sites excluding steroid dienone is 1. The van der Waals surface area contributed by atoms with Crippen molar-refractivity contribution < 1.29 is 19.5 Å². The van der Waals surface area contributed by atoms with E-state index in [1.54, 1.807) is 13.0 Å². The Kier molecular flexibility index (Phi) is 5.05. The molecule has 136 valence electrons. The minimum absolute atomic E-state index is 0.00426. The molecular formula is C16H17N5O4S. The molecule has 1 fully saturated rings. The number of hydrogen-bond acceptors (Lipinski definition) is 8. The van der Waals surface area contributed by atoms with Gasteiger partial charge in [-0.1, -0.05) is 6.08 Å². The highest BCUT2D eigenvalue weighted by Crippen LogP contribution is 2.27. The van der Waals surface area contributed by atoms with Gasteiger partial charge in [-0.15, -0.1) is 0 Å².